The third kappa shape index (κ3) is 4.43. The standard InChI is InChI=1S/C30H28ClNO3/c31-25(33)28(16-22-10-4-1-5-11-22)19-29(17-23-12-6-2-7-13-23)21-30(20-28,27(35)32-26(29)34)18-24-14-8-3-9-15-24/h1-15H,16-21H2,(H,32,34,35). The SMILES string of the molecule is O=C(Cl)C1(Cc2ccccc2)CC2(Cc3ccccc3)CC(Cc3ccccc3)(C1)C(=O)NC2=O. The van der Waals surface area contributed by atoms with Crippen molar-refractivity contribution in [2.24, 2.45) is 16.2 Å². The number of benzene rings is 3. The van der Waals surface area contributed by atoms with Crippen LogP contribution < -0.4 is 5.32 Å². The van der Waals surface area contributed by atoms with E-state index in [1.165, 1.54) is 0 Å². The monoisotopic (exact) mass is 485 g/mol. The van der Waals surface area contributed by atoms with Crippen molar-refractivity contribution in [3.05, 3.63) is 108 Å². The summed E-state index contributed by atoms with van der Waals surface area (Å²) in [4.78, 5) is 40.5. The number of amides is 2. The van der Waals surface area contributed by atoms with Crippen LogP contribution in [0.3, 0.4) is 0 Å². The summed E-state index contributed by atoms with van der Waals surface area (Å²) in [5.41, 5.74) is 0.117. The summed E-state index contributed by atoms with van der Waals surface area (Å²) in [6, 6.07) is 29.4. The van der Waals surface area contributed by atoms with Gasteiger partial charge in [-0.1, -0.05) is 91.0 Å². The lowest BCUT2D eigenvalue weighted by molar-refractivity contribution is -0.166. The number of halogens is 1. The Labute approximate surface area is 210 Å². The molecule has 35 heavy (non-hydrogen) atoms. The first-order chi connectivity index (χ1) is 16.8. The number of carbonyl (C=O) groups excluding carboxylic acids is 3. The predicted octanol–water partition coefficient (Wildman–Crippen LogP) is 5.28. The average molecular weight is 486 g/mol. The van der Waals surface area contributed by atoms with Crippen molar-refractivity contribution in [2.75, 3.05) is 0 Å². The topological polar surface area (TPSA) is 63.2 Å². The molecule has 1 N–H and O–H groups in total. The maximum absolute atomic E-state index is 13.6. The van der Waals surface area contributed by atoms with Crippen molar-refractivity contribution in [2.45, 2.75) is 38.5 Å². The molecule has 2 fully saturated rings. The third-order valence-electron chi connectivity index (χ3n) is 7.79. The van der Waals surface area contributed by atoms with Gasteiger partial charge < -0.3 is 0 Å². The Kier molecular flexibility index (Phi) is 6.10. The lowest BCUT2D eigenvalue weighted by atomic mass is 9.47. The maximum atomic E-state index is 13.6. The summed E-state index contributed by atoms with van der Waals surface area (Å²) in [6.45, 7) is 0. The van der Waals surface area contributed by atoms with Crippen molar-refractivity contribution < 1.29 is 14.4 Å². The molecule has 2 amide bonds. The predicted molar refractivity (Wildman–Crippen MR) is 136 cm³/mol. The second-order valence-corrected chi connectivity index (χ2v) is 10.8. The molecule has 1 aliphatic carbocycles. The molecule has 0 radical (unpaired) electrons. The van der Waals surface area contributed by atoms with E-state index in [0.29, 0.717) is 38.5 Å². The van der Waals surface area contributed by atoms with Crippen LogP contribution in [0, 0.1) is 16.2 Å². The van der Waals surface area contributed by atoms with Gasteiger partial charge in [0.1, 0.15) is 0 Å². The van der Waals surface area contributed by atoms with E-state index in [1.54, 1.807) is 0 Å². The number of hydrogen-bond donors (Lipinski definition) is 1. The number of piperidine rings is 1. The van der Waals surface area contributed by atoms with Gasteiger partial charge in [-0.05, 0) is 66.8 Å². The molecule has 0 spiro atoms. The summed E-state index contributed by atoms with van der Waals surface area (Å²) < 4.78 is 0. The Hall–Kier alpha value is -3.24. The van der Waals surface area contributed by atoms with Crippen LogP contribution in [0.1, 0.15) is 36.0 Å². The molecule has 5 heteroatoms. The van der Waals surface area contributed by atoms with Gasteiger partial charge in [0.05, 0.1) is 16.2 Å². The van der Waals surface area contributed by atoms with Gasteiger partial charge >= 0.3 is 0 Å². The van der Waals surface area contributed by atoms with Gasteiger partial charge in [0.2, 0.25) is 17.1 Å². The van der Waals surface area contributed by atoms with Crippen LogP contribution in [0.2, 0.25) is 0 Å². The highest BCUT2D eigenvalue weighted by Gasteiger charge is 2.65. The highest BCUT2D eigenvalue weighted by Crippen LogP contribution is 2.60. The molecule has 178 valence electrons. The van der Waals surface area contributed by atoms with Crippen molar-refractivity contribution in [1.29, 1.82) is 0 Å². The van der Waals surface area contributed by atoms with Crippen LogP contribution in [0.4, 0.5) is 0 Å². The molecule has 1 saturated carbocycles. The smallest absolute Gasteiger partial charge is 0.233 e. The van der Waals surface area contributed by atoms with Crippen molar-refractivity contribution in [1.82, 2.24) is 5.32 Å². The van der Waals surface area contributed by atoms with Crippen LogP contribution >= 0.6 is 11.6 Å². The van der Waals surface area contributed by atoms with E-state index in [0.717, 1.165) is 16.7 Å². The molecule has 1 saturated heterocycles. The van der Waals surface area contributed by atoms with E-state index in [-0.39, 0.29) is 11.8 Å². The number of carbonyl (C=O) groups is 3. The highest BCUT2D eigenvalue weighted by atomic mass is 35.5. The number of imide groups is 1. The largest absolute Gasteiger partial charge is 0.295 e. The van der Waals surface area contributed by atoms with E-state index < -0.39 is 21.5 Å². The van der Waals surface area contributed by atoms with E-state index in [1.807, 2.05) is 91.0 Å². The summed E-state index contributed by atoms with van der Waals surface area (Å²) >= 11 is 6.42. The summed E-state index contributed by atoms with van der Waals surface area (Å²) in [7, 11) is 0. The molecule has 3 aromatic carbocycles. The highest BCUT2D eigenvalue weighted by molar-refractivity contribution is 6.64. The van der Waals surface area contributed by atoms with E-state index in [9.17, 15) is 14.4 Å². The molecular formula is C30H28ClNO3. The average Bonchev–Trinajstić information content (AvgIpc) is 2.85. The first-order valence-electron chi connectivity index (χ1n) is 12.0. The maximum Gasteiger partial charge on any atom is 0.233 e. The fraction of sp³-hybridized carbons (Fsp3) is 0.300. The molecule has 5 rings (SSSR count). The molecule has 0 aromatic heterocycles. The van der Waals surface area contributed by atoms with Gasteiger partial charge in [-0.3, -0.25) is 19.7 Å². The molecule has 2 atom stereocenters. The van der Waals surface area contributed by atoms with Crippen molar-refractivity contribution in [3.8, 4) is 0 Å². The van der Waals surface area contributed by atoms with E-state index in [4.69, 9.17) is 11.6 Å². The van der Waals surface area contributed by atoms with E-state index >= 15 is 0 Å². The van der Waals surface area contributed by atoms with Gasteiger partial charge in [0.25, 0.3) is 0 Å². The molecule has 2 aliphatic rings. The van der Waals surface area contributed by atoms with Crippen LogP contribution in [-0.4, -0.2) is 17.1 Å². The molecule has 2 unspecified atom stereocenters. The molecule has 3 aromatic rings. The Bertz CT molecular complexity index is 1120. The molecular weight excluding hydrogens is 458 g/mol. The van der Waals surface area contributed by atoms with Crippen molar-refractivity contribution in [3.63, 3.8) is 0 Å². The minimum Gasteiger partial charge on any atom is -0.295 e. The Morgan fingerprint density at radius 3 is 1.37 bits per heavy atom. The Morgan fingerprint density at radius 1 is 0.629 bits per heavy atom. The fourth-order valence-corrected chi connectivity index (χ4v) is 6.72. The zero-order valence-electron chi connectivity index (χ0n) is 19.5. The Morgan fingerprint density at radius 2 is 1.00 bits per heavy atom. The lowest BCUT2D eigenvalue weighted by Crippen LogP contribution is -2.66. The first-order valence-corrected chi connectivity index (χ1v) is 12.4. The molecule has 4 nitrogen and oxygen atoms in total. The van der Waals surface area contributed by atoms with Gasteiger partial charge in [0, 0.05) is 0 Å². The Balaban J connectivity index is 1.65. The molecule has 1 aliphatic heterocycles. The lowest BCUT2D eigenvalue weighted by Gasteiger charge is -2.56. The quantitative estimate of drug-likeness (QED) is 0.366. The third-order valence-corrected chi connectivity index (χ3v) is 8.19. The van der Waals surface area contributed by atoms with Gasteiger partial charge in [-0.2, -0.15) is 0 Å². The van der Waals surface area contributed by atoms with Gasteiger partial charge in [-0.15, -0.1) is 0 Å². The van der Waals surface area contributed by atoms with Gasteiger partial charge in [-0.25, -0.2) is 0 Å². The van der Waals surface area contributed by atoms with Gasteiger partial charge in [0.15, 0.2) is 0 Å². The summed E-state index contributed by atoms with van der Waals surface area (Å²) in [6.07, 6.45) is 2.30. The number of nitrogens with one attached hydrogen (secondary N) is 1. The zero-order chi connectivity index (χ0) is 24.5. The van der Waals surface area contributed by atoms with E-state index in [2.05, 4.69) is 5.32 Å². The normalized spacial score (nSPS) is 27.8. The van der Waals surface area contributed by atoms with Crippen LogP contribution in [0.25, 0.3) is 0 Å². The molecule has 1 heterocycles. The number of fused-ring (bicyclic) bond motifs is 2. The first kappa shape index (κ1) is 23.5. The summed E-state index contributed by atoms with van der Waals surface area (Å²) in [5.74, 6) is -0.602. The number of rotatable bonds is 7. The van der Waals surface area contributed by atoms with Crippen molar-refractivity contribution >= 4 is 28.7 Å². The minimum atomic E-state index is -1.03. The number of hydrogen-bond acceptors (Lipinski definition) is 3. The zero-order valence-corrected chi connectivity index (χ0v) is 20.3. The van der Waals surface area contributed by atoms with Crippen LogP contribution in [0.5, 0.6) is 0 Å². The minimum absolute atomic E-state index is 0.301. The van der Waals surface area contributed by atoms with Crippen LogP contribution in [-0.2, 0) is 33.6 Å². The second-order valence-electron chi connectivity index (χ2n) is 10.4. The summed E-state index contributed by atoms with van der Waals surface area (Å²) in [5, 5.41) is 2.24. The van der Waals surface area contributed by atoms with Crippen LogP contribution in [0.15, 0.2) is 91.0 Å². The second kappa shape index (κ2) is 9.09. The molecule has 2 bridgehead atoms. The fourth-order valence-electron chi connectivity index (χ4n) is 6.52.